The van der Waals surface area contributed by atoms with Gasteiger partial charge in [-0.2, -0.15) is 0 Å². The van der Waals surface area contributed by atoms with Gasteiger partial charge in [0, 0.05) is 15.9 Å². The van der Waals surface area contributed by atoms with E-state index in [1.807, 2.05) is 18.2 Å². The summed E-state index contributed by atoms with van der Waals surface area (Å²) in [5.41, 5.74) is 2.13. The van der Waals surface area contributed by atoms with E-state index < -0.39 is 0 Å². The lowest BCUT2D eigenvalue weighted by atomic mass is 10.1. The van der Waals surface area contributed by atoms with Gasteiger partial charge in [-0.15, -0.1) is 11.6 Å². The molecule has 0 aromatic heterocycles. The highest BCUT2D eigenvalue weighted by atomic mass is 35.5. The van der Waals surface area contributed by atoms with Gasteiger partial charge in [0.1, 0.15) is 0 Å². The van der Waals surface area contributed by atoms with Crippen LogP contribution in [0.4, 0.5) is 0 Å². The molecule has 0 N–H and O–H groups in total. The number of allylic oxidation sites excluding steroid dienone is 1. The number of hydrogen-bond acceptors (Lipinski definition) is 0. The molecule has 3 heteroatoms. The van der Waals surface area contributed by atoms with E-state index in [-0.39, 0.29) is 0 Å². The van der Waals surface area contributed by atoms with Crippen molar-refractivity contribution in [1.82, 2.24) is 0 Å². The Labute approximate surface area is 99.5 Å². The Morgan fingerprint density at radius 1 is 1.36 bits per heavy atom. The lowest BCUT2D eigenvalue weighted by Gasteiger charge is -2.02. The molecule has 0 saturated carbocycles. The Balaban J connectivity index is 3.02. The zero-order valence-electron chi connectivity index (χ0n) is 7.86. The van der Waals surface area contributed by atoms with E-state index in [1.54, 1.807) is 6.07 Å². The minimum absolute atomic E-state index is 0.537. The topological polar surface area (TPSA) is 0 Å². The predicted molar refractivity (Wildman–Crippen MR) is 65.5 cm³/mol. The van der Waals surface area contributed by atoms with E-state index in [0.717, 1.165) is 17.6 Å². The van der Waals surface area contributed by atoms with Crippen LogP contribution >= 0.6 is 34.8 Å². The molecule has 76 valence electrons. The number of rotatable bonds is 3. The van der Waals surface area contributed by atoms with Crippen LogP contribution in [0.1, 0.15) is 18.9 Å². The first-order chi connectivity index (χ1) is 6.67. The van der Waals surface area contributed by atoms with Crippen molar-refractivity contribution >= 4 is 40.9 Å². The Morgan fingerprint density at radius 3 is 2.57 bits per heavy atom. The molecule has 0 atom stereocenters. The standard InChI is InChI=1S/C11H11Cl3/c1-2-8(7-12)5-9-3-4-10(13)6-11(9)14/h3-6H,2,7H2,1H3. The molecule has 0 fully saturated rings. The first-order valence-electron chi connectivity index (χ1n) is 4.37. The predicted octanol–water partition coefficient (Wildman–Crippen LogP) is 5.03. The molecular weight excluding hydrogens is 238 g/mol. The van der Waals surface area contributed by atoms with Gasteiger partial charge >= 0.3 is 0 Å². The maximum atomic E-state index is 6.02. The molecule has 0 amide bonds. The highest BCUT2D eigenvalue weighted by Crippen LogP contribution is 2.23. The average Bonchev–Trinajstić information content (AvgIpc) is 2.17. The summed E-state index contributed by atoms with van der Waals surface area (Å²) in [4.78, 5) is 0. The molecular formula is C11H11Cl3. The van der Waals surface area contributed by atoms with Gasteiger partial charge < -0.3 is 0 Å². The molecule has 0 nitrogen and oxygen atoms in total. The normalized spacial score (nSPS) is 11.9. The minimum Gasteiger partial charge on any atom is -0.122 e. The Bertz CT molecular complexity index is 336. The molecule has 0 heterocycles. The van der Waals surface area contributed by atoms with E-state index in [0.29, 0.717) is 15.9 Å². The summed E-state index contributed by atoms with van der Waals surface area (Å²) in [7, 11) is 0. The number of alkyl halides is 1. The zero-order chi connectivity index (χ0) is 10.6. The molecule has 0 bridgehead atoms. The largest absolute Gasteiger partial charge is 0.122 e. The number of halogens is 3. The molecule has 0 saturated heterocycles. The van der Waals surface area contributed by atoms with Gasteiger partial charge in [-0.3, -0.25) is 0 Å². The fourth-order valence-electron chi connectivity index (χ4n) is 1.07. The Morgan fingerprint density at radius 2 is 2.07 bits per heavy atom. The first-order valence-corrected chi connectivity index (χ1v) is 5.67. The van der Waals surface area contributed by atoms with Crippen molar-refractivity contribution < 1.29 is 0 Å². The summed E-state index contributed by atoms with van der Waals surface area (Å²) in [6.07, 6.45) is 2.94. The maximum absolute atomic E-state index is 6.02. The fourth-order valence-corrected chi connectivity index (χ4v) is 1.80. The smallest absolute Gasteiger partial charge is 0.0493 e. The van der Waals surface area contributed by atoms with Crippen LogP contribution in [0.25, 0.3) is 6.08 Å². The van der Waals surface area contributed by atoms with E-state index in [4.69, 9.17) is 34.8 Å². The van der Waals surface area contributed by atoms with Crippen molar-refractivity contribution in [2.45, 2.75) is 13.3 Å². The monoisotopic (exact) mass is 248 g/mol. The molecule has 14 heavy (non-hydrogen) atoms. The summed E-state index contributed by atoms with van der Waals surface area (Å²) in [5, 5.41) is 1.31. The van der Waals surface area contributed by atoms with Crippen LogP contribution in [-0.2, 0) is 0 Å². The summed E-state index contributed by atoms with van der Waals surface area (Å²) >= 11 is 17.6. The van der Waals surface area contributed by atoms with Crippen LogP contribution in [0.15, 0.2) is 23.8 Å². The summed E-state index contributed by atoms with van der Waals surface area (Å²) in [5.74, 6) is 0.537. The van der Waals surface area contributed by atoms with Crippen molar-refractivity contribution in [2.75, 3.05) is 5.88 Å². The third-order valence-corrected chi connectivity index (χ3v) is 2.85. The SMILES string of the molecule is CCC(=Cc1ccc(Cl)cc1Cl)CCl. The van der Waals surface area contributed by atoms with E-state index in [2.05, 4.69) is 6.92 Å². The minimum atomic E-state index is 0.537. The quantitative estimate of drug-likeness (QED) is 0.660. The van der Waals surface area contributed by atoms with Gasteiger partial charge in [0.25, 0.3) is 0 Å². The van der Waals surface area contributed by atoms with E-state index >= 15 is 0 Å². The number of hydrogen-bond donors (Lipinski definition) is 0. The van der Waals surface area contributed by atoms with Crippen molar-refractivity contribution in [3.8, 4) is 0 Å². The molecule has 0 aliphatic heterocycles. The van der Waals surface area contributed by atoms with Crippen LogP contribution < -0.4 is 0 Å². The van der Waals surface area contributed by atoms with E-state index in [1.165, 1.54) is 0 Å². The fraction of sp³-hybridized carbons (Fsp3) is 0.273. The molecule has 1 rings (SSSR count). The maximum Gasteiger partial charge on any atom is 0.0493 e. The van der Waals surface area contributed by atoms with Crippen molar-refractivity contribution in [1.29, 1.82) is 0 Å². The third kappa shape index (κ3) is 3.20. The molecule has 0 aliphatic rings. The molecule has 0 spiro atoms. The van der Waals surface area contributed by atoms with Crippen LogP contribution in [0.2, 0.25) is 10.0 Å². The highest BCUT2D eigenvalue weighted by Gasteiger charge is 1.99. The highest BCUT2D eigenvalue weighted by molar-refractivity contribution is 6.35. The Hall–Kier alpha value is -0.170. The lowest BCUT2D eigenvalue weighted by Crippen LogP contribution is -1.83. The van der Waals surface area contributed by atoms with Crippen molar-refractivity contribution in [3.05, 3.63) is 39.4 Å². The summed E-state index contributed by atoms with van der Waals surface area (Å²) < 4.78 is 0. The average molecular weight is 250 g/mol. The molecule has 0 aliphatic carbocycles. The van der Waals surface area contributed by atoms with Gasteiger partial charge in [0.15, 0.2) is 0 Å². The van der Waals surface area contributed by atoms with Gasteiger partial charge in [0.05, 0.1) is 0 Å². The third-order valence-electron chi connectivity index (χ3n) is 1.95. The second-order valence-electron chi connectivity index (χ2n) is 2.96. The second-order valence-corrected chi connectivity index (χ2v) is 4.07. The van der Waals surface area contributed by atoms with Crippen molar-refractivity contribution in [2.24, 2.45) is 0 Å². The second kappa shape index (κ2) is 5.65. The first kappa shape index (κ1) is 11.9. The van der Waals surface area contributed by atoms with Crippen LogP contribution in [-0.4, -0.2) is 5.88 Å². The van der Waals surface area contributed by atoms with Crippen molar-refractivity contribution in [3.63, 3.8) is 0 Å². The van der Waals surface area contributed by atoms with E-state index in [9.17, 15) is 0 Å². The van der Waals surface area contributed by atoms with Gasteiger partial charge in [0.2, 0.25) is 0 Å². The molecule has 1 aromatic rings. The van der Waals surface area contributed by atoms with Crippen LogP contribution in [0, 0.1) is 0 Å². The molecule has 0 unspecified atom stereocenters. The van der Waals surface area contributed by atoms with Gasteiger partial charge in [-0.05, 0) is 24.1 Å². The summed E-state index contributed by atoms with van der Waals surface area (Å²) in [6.45, 7) is 2.07. The van der Waals surface area contributed by atoms with Gasteiger partial charge in [-0.1, -0.05) is 47.8 Å². The Kier molecular flexibility index (Phi) is 4.80. The van der Waals surface area contributed by atoms with Gasteiger partial charge in [-0.25, -0.2) is 0 Å². The molecule has 1 aromatic carbocycles. The molecule has 0 radical (unpaired) electrons. The lowest BCUT2D eigenvalue weighted by molar-refractivity contribution is 1.12. The van der Waals surface area contributed by atoms with Crippen LogP contribution in [0.5, 0.6) is 0 Å². The summed E-state index contributed by atoms with van der Waals surface area (Å²) in [6, 6.07) is 5.45. The van der Waals surface area contributed by atoms with Crippen LogP contribution in [0.3, 0.4) is 0 Å². The number of benzene rings is 1. The zero-order valence-corrected chi connectivity index (χ0v) is 10.1.